The van der Waals surface area contributed by atoms with E-state index in [0.717, 1.165) is 12.8 Å². The van der Waals surface area contributed by atoms with Crippen molar-refractivity contribution in [2.75, 3.05) is 53.4 Å². The standard InChI is InChI=1S/C15H32O6/c1-3-19-13-15(17)7-11-21-9-5-4-8-20-10-6-14(16)12-18-2/h14-17H,3-13H2,1-2H3. The van der Waals surface area contributed by atoms with Crippen LogP contribution in [0.15, 0.2) is 0 Å². The number of unbranched alkanes of at least 4 members (excludes halogenated alkanes) is 1. The monoisotopic (exact) mass is 308 g/mol. The number of rotatable bonds is 16. The summed E-state index contributed by atoms with van der Waals surface area (Å²) in [5, 5.41) is 18.9. The van der Waals surface area contributed by atoms with Gasteiger partial charge in [-0.1, -0.05) is 0 Å². The third-order valence-electron chi connectivity index (χ3n) is 2.89. The van der Waals surface area contributed by atoms with Gasteiger partial charge in [0.1, 0.15) is 0 Å². The fourth-order valence-electron chi connectivity index (χ4n) is 1.66. The first-order valence-electron chi connectivity index (χ1n) is 7.79. The van der Waals surface area contributed by atoms with Gasteiger partial charge in [-0.2, -0.15) is 0 Å². The quantitative estimate of drug-likeness (QED) is 0.414. The zero-order valence-electron chi connectivity index (χ0n) is 13.5. The lowest BCUT2D eigenvalue weighted by Crippen LogP contribution is -2.18. The zero-order chi connectivity index (χ0) is 15.8. The highest BCUT2D eigenvalue weighted by molar-refractivity contribution is 4.53. The molecule has 0 heterocycles. The lowest BCUT2D eigenvalue weighted by Gasteiger charge is -2.11. The van der Waals surface area contributed by atoms with Crippen molar-refractivity contribution in [3.05, 3.63) is 0 Å². The highest BCUT2D eigenvalue weighted by Gasteiger charge is 2.04. The molecule has 6 heteroatoms. The average Bonchev–Trinajstić information content (AvgIpc) is 2.47. The van der Waals surface area contributed by atoms with E-state index >= 15 is 0 Å². The summed E-state index contributed by atoms with van der Waals surface area (Å²) >= 11 is 0. The summed E-state index contributed by atoms with van der Waals surface area (Å²) < 4.78 is 20.8. The fourth-order valence-corrected chi connectivity index (χ4v) is 1.66. The molecule has 2 atom stereocenters. The minimum Gasteiger partial charge on any atom is -0.391 e. The number of aliphatic hydroxyl groups excluding tert-OH is 2. The molecule has 6 nitrogen and oxygen atoms in total. The van der Waals surface area contributed by atoms with Crippen LogP contribution in [0.1, 0.15) is 32.6 Å². The van der Waals surface area contributed by atoms with Gasteiger partial charge in [0.15, 0.2) is 0 Å². The third-order valence-corrected chi connectivity index (χ3v) is 2.89. The predicted octanol–water partition coefficient (Wildman–Crippen LogP) is 0.985. The fraction of sp³-hybridized carbons (Fsp3) is 1.00. The minimum atomic E-state index is -0.443. The van der Waals surface area contributed by atoms with Gasteiger partial charge < -0.3 is 29.2 Å². The van der Waals surface area contributed by atoms with Crippen LogP contribution in [0.2, 0.25) is 0 Å². The predicted molar refractivity (Wildman–Crippen MR) is 80.5 cm³/mol. The van der Waals surface area contributed by atoms with Gasteiger partial charge in [-0.3, -0.25) is 0 Å². The number of aliphatic hydroxyl groups is 2. The van der Waals surface area contributed by atoms with Crippen LogP contribution in [0.5, 0.6) is 0 Å². The summed E-state index contributed by atoms with van der Waals surface area (Å²) in [6.07, 6.45) is 2.19. The molecule has 0 saturated heterocycles. The Hall–Kier alpha value is -0.240. The maximum absolute atomic E-state index is 9.51. The molecular weight excluding hydrogens is 276 g/mol. The van der Waals surface area contributed by atoms with E-state index in [1.165, 1.54) is 0 Å². The van der Waals surface area contributed by atoms with Crippen molar-refractivity contribution in [2.24, 2.45) is 0 Å². The van der Waals surface area contributed by atoms with E-state index in [-0.39, 0.29) is 0 Å². The molecule has 0 radical (unpaired) electrons. The molecule has 0 bridgehead atoms. The molecule has 21 heavy (non-hydrogen) atoms. The van der Waals surface area contributed by atoms with Crippen LogP contribution < -0.4 is 0 Å². The smallest absolute Gasteiger partial charge is 0.0795 e. The summed E-state index contributed by atoms with van der Waals surface area (Å²) in [5.41, 5.74) is 0. The Balaban J connectivity index is 3.12. The summed E-state index contributed by atoms with van der Waals surface area (Å²) in [5.74, 6) is 0. The van der Waals surface area contributed by atoms with E-state index in [1.807, 2.05) is 6.92 Å². The van der Waals surface area contributed by atoms with Gasteiger partial charge >= 0.3 is 0 Å². The Labute approximate surface area is 128 Å². The number of hydrogen-bond acceptors (Lipinski definition) is 6. The Bertz CT molecular complexity index is 203. The van der Waals surface area contributed by atoms with Gasteiger partial charge in [-0.05, 0) is 32.6 Å². The first-order chi connectivity index (χ1) is 10.2. The Morgan fingerprint density at radius 1 is 0.762 bits per heavy atom. The van der Waals surface area contributed by atoms with Crippen molar-refractivity contribution >= 4 is 0 Å². The lowest BCUT2D eigenvalue weighted by atomic mass is 10.3. The van der Waals surface area contributed by atoms with E-state index in [2.05, 4.69) is 0 Å². The number of methoxy groups -OCH3 is 1. The van der Waals surface area contributed by atoms with Gasteiger partial charge in [0.2, 0.25) is 0 Å². The number of hydrogen-bond donors (Lipinski definition) is 2. The molecule has 2 N–H and O–H groups in total. The van der Waals surface area contributed by atoms with Crippen LogP contribution in [0, 0.1) is 0 Å². The summed E-state index contributed by atoms with van der Waals surface area (Å²) in [4.78, 5) is 0. The molecule has 0 spiro atoms. The van der Waals surface area contributed by atoms with E-state index in [0.29, 0.717) is 59.1 Å². The second-order valence-corrected chi connectivity index (χ2v) is 4.93. The Morgan fingerprint density at radius 3 is 1.76 bits per heavy atom. The molecule has 0 rings (SSSR count). The molecule has 0 fully saturated rings. The van der Waals surface area contributed by atoms with Crippen molar-refractivity contribution in [2.45, 2.75) is 44.8 Å². The molecule has 0 aliphatic rings. The molecule has 0 aromatic carbocycles. The van der Waals surface area contributed by atoms with Crippen molar-refractivity contribution in [1.82, 2.24) is 0 Å². The van der Waals surface area contributed by atoms with Crippen molar-refractivity contribution < 1.29 is 29.2 Å². The first-order valence-corrected chi connectivity index (χ1v) is 7.79. The molecule has 0 aliphatic heterocycles. The molecule has 0 amide bonds. The van der Waals surface area contributed by atoms with Crippen molar-refractivity contribution in [3.8, 4) is 0 Å². The lowest BCUT2D eigenvalue weighted by molar-refractivity contribution is 0.0150. The van der Waals surface area contributed by atoms with E-state index < -0.39 is 12.2 Å². The molecule has 0 saturated carbocycles. The summed E-state index contributed by atoms with van der Waals surface area (Å²) in [6.45, 7) is 5.72. The topological polar surface area (TPSA) is 77.4 Å². The van der Waals surface area contributed by atoms with Crippen LogP contribution in [-0.4, -0.2) is 75.8 Å². The largest absolute Gasteiger partial charge is 0.391 e. The molecule has 2 unspecified atom stereocenters. The van der Waals surface area contributed by atoms with Gasteiger partial charge in [-0.15, -0.1) is 0 Å². The van der Waals surface area contributed by atoms with E-state index in [9.17, 15) is 10.2 Å². The van der Waals surface area contributed by atoms with Gasteiger partial charge in [0.25, 0.3) is 0 Å². The second kappa shape index (κ2) is 16.1. The molecule has 0 aromatic heterocycles. The molecule has 0 aromatic rings. The molecule has 0 aliphatic carbocycles. The van der Waals surface area contributed by atoms with Gasteiger partial charge in [0.05, 0.1) is 25.4 Å². The Kier molecular flexibility index (Phi) is 16.0. The van der Waals surface area contributed by atoms with E-state index in [4.69, 9.17) is 18.9 Å². The third kappa shape index (κ3) is 16.0. The van der Waals surface area contributed by atoms with E-state index in [1.54, 1.807) is 7.11 Å². The van der Waals surface area contributed by atoms with Crippen LogP contribution >= 0.6 is 0 Å². The zero-order valence-corrected chi connectivity index (χ0v) is 13.5. The Morgan fingerprint density at radius 2 is 1.29 bits per heavy atom. The number of ether oxygens (including phenoxy) is 4. The minimum absolute atomic E-state index is 0.354. The molecule has 128 valence electrons. The summed E-state index contributed by atoms with van der Waals surface area (Å²) in [7, 11) is 1.57. The second-order valence-electron chi connectivity index (χ2n) is 4.93. The van der Waals surface area contributed by atoms with Crippen LogP contribution in [0.25, 0.3) is 0 Å². The van der Waals surface area contributed by atoms with Crippen LogP contribution in [-0.2, 0) is 18.9 Å². The van der Waals surface area contributed by atoms with Crippen molar-refractivity contribution in [1.29, 1.82) is 0 Å². The highest BCUT2D eigenvalue weighted by atomic mass is 16.5. The first kappa shape index (κ1) is 20.8. The van der Waals surface area contributed by atoms with Crippen LogP contribution in [0.4, 0.5) is 0 Å². The maximum atomic E-state index is 9.51. The van der Waals surface area contributed by atoms with Gasteiger partial charge in [-0.25, -0.2) is 0 Å². The van der Waals surface area contributed by atoms with Crippen LogP contribution in [0.3, 0.4) is 0 Å². The SMILES string of the molecule is CCOCC(O)CCOCCCCOCCC(O)COC. The average molecular weight is 308 g/mol. The molecular formula is C15H32O6. The van der Waals surface area contributed by atoms with Crippen molar-refractivity contribution in [3.63, 3.8) is 0 Å². The summed E-state index contributed by atoms with van der Waals surface area (Å²) in [6, 6.07) is 0. The van der Waals surface area contributed by atoms with Gasteiger partial charge in [0, 0.05) is 40.1 Å². The maximum Gasteiger partial charge on any atom is 0.0795 e. The highest BCUT2D eigenvalue weighted by Crippen LogP contribution is 1.98. The normalized spacial score (nSPS) is 14.3.